The van der Waals surface area contributed by atoms with Gasteiger partial charge in [-0.25, -0.2) is 9.97 Å². The predicted molar refractivity (Wildman–Crippen MR) is 74.7 cm³/mol. The van der Waals surface area contributed by atoms with Crippen molar-refractivity contribution in [1.82, 2.24) is 9.97 Å². The van der Waals surface area contributed by atoms with Gasteiger partial charge in [0.2, 0.25) is 5.71 Å². The molecule has 90 valence electrons. The summed E-state index contributed by atoms with van der Waals surface area (Å²) in [4.78, 5) is 8.90. The van der Waals surface area contributed by atoms with Gasteiger partial charge in [0.05, 0.1) is 17.5 Å². The van der Waals surface area contributed by atoms with Crippen LogP contribution in [0.2, 0.25) is 0 Å². The fraction of sp³-hybridized carbons (Fsp3) is 0. The lowest BCUT2D eigenvalue weighted by Gasteiger charge is -2.03. The van der Waals surface area contributed by atoms with Gasteiger partial charge in [-0.05, 0) is 24.3 Å². The maximum absolute atomic E-state index is 5.33. The van der Waals surface area contributed by atoms with Crippen molar-refractivity contribution in [3.63, 3.8) is 0 Å². The fourth-order valence-corrected chi connectivity index (χ4v) is 2.31. The van der Waals surface area contributed by atoms with Gasteiger partial charge in [-0.2, -0.15) is 0 Å². The van der Waals surface area contributed by atoms with Gasteiger partial charge in [0.25, 0.3) is 0 Å². The number of rotatable bonds is 1. The zero-order valence-corrected chi connectivity index (χ0v) is 10.1. The molecule has 4 aromatic rings. The van der Waals surface area contributed by atoms with Crippen LogP contribution in [-0.4, -0.2) is 9.97 Å². The van der Waals surface area contributed by atoms with Crippen LogP contribution in [0.25, 0.3) is 33.3 Å². The number of benzene rings is 1. The monoisotopic (exact) mass is 246 g/mol. The standard InChI is InChI=1S/C16H10N2O/c1-2-4-14-11(3-1)5-6-15(18-14)12-7-9-17-16-13(12)8-10-19-16/h1-10H. The van der Waals surface area contributed by atoms with Gasteiger partial charge in [-0.15, -0.1) is 0 Å². The fourth-order valence-electron chi connectivity index (χ4n) is 2.31. The zero-order valence-electron chi connectivity index (χ0n) is 10.1. The average Bonchev–Trinajstić information content (AvgIpc) is 2.95. The molecule has 0 N–H and O–H groups in total. The molecule has 3 heteroatoms. The summed E-state index contributed by atoms with van der Waals surface area (Å²) in [5.74, 6) is 0. The molecule has 0 saturated heterocycles. The second-order valence-corrected chi connectivity index (χ2v) is 4.39. The molecule has 3 nitrogen and oxygen atoms in total. The topological polar surface area (TPSA) is 38.9 Å². The molecule has 3 aromatic heterocycles. The molecule has 0 aliphatic heterocycles. The van der Waals surface area contributed by atoms with Crippen LogP contribution in [0.4, 0.5) is 0 Å². The van der Waals surface area contributed by atoms with Crippen molar-refractivity contribution in [1.29, 1.82) is 0 Å². The van der Waals surface area contributed by atoms with Crippen LogP contribution >= 0.6 is 0 Å². The molecule has 0 aliphatic carbocycles. The Bertz CT molecular complexity index is 880. The van der Waals surface area contributed by atoms with E-state index in [0.29, 0.717) is 5.71 Å². The minimum absolute atomic E-state index is 0.646. The van der Waals surface area contributed by atoms with Crippen molar-refractivity contribution >= 4 is 22.0 Å². The summed E-state index contributed by atoms with van der Waals surface area (Å²) in [7, 11) is 0. The Morgan fingerprint density at radius 3 is 2.84 bits per heavy atom. The smallest absolute Gasteiger partial charge is 0.226 e. The minimum Gasteiger partial charge on any atom is -0.446 e. The molecule has 0 bridgehead atoms. The summed E-state index contributed by atoms with van der Waals surface area (Å²) in [6, 6.07) is 16.1. The third-order valence-electron chi connectivity index (χ3n) is 3.24. The highest BCUT2D eigenvalue weighted by molar-refractivity contribution is 5.92. The Morgan fingerprint density at radius 2 is 1.84 bits per heavy atom. The summed E-state index contributed by atoms with van der Waals surface area (Å²) >= 11 is 0. The lowest BCUT2D eigenvalue weighted by molar-refractivity contribution is 0.603. The molecule has 0 spiro atoms. The molecule has 0 radical (unpaired) electrons. The van der Waals surface area contributed by atoms with Crippen LogP contribution in [0.5, 0.6) is 0 Å². The largest absolute Gasteiger partial charge is 0.446 e. The van der Waals surface area contributed by atoms with Crippen LogP contribution < -0.4 is 0 Å². The van der Waals surface area contributed by atoms with E-state index in [4.69, 9.17) is 9.40 Å². The third-order valence-corrected chi connectivity index (χ3v) is 3.24. The van der Waals surface area contributed by atoms with Crippen LogP contribution in [0, 0.1) is 0 Å². The van der Waals surface area contributed by atoms with Gasteiger partial charge >= 0.3 is 0 Å². The summed E-state index contributed by atoms with van der Waals surface area (Å²) in [6.07, 6.45) is 3.40. The minimum atomic E-state index is 0.646. The maximum atomic E-state index is 5.33. The van der Waals surface area contributed by atoms with Gasteiger partial charge in [-0.1, -0.05) is 24.3 Å². The molecule has 0 unspecified atom stereocenters. The molecule has 1 aromatic carbocycles. The third kappa shape index (κ3) is 1.59. The molecule has 19 heavy (non-hydrogen) atoms. The summed E-state index contributed by atoms with van der Waals surface area (Å²) in [5, 5.41) is 2.13. The van der Waals surface area contributed by atoms with E-state index in [-0.39, 0.29) is 0 Å². The number of fused-ring (bicyclic) bond motifs is 2. The Labute approximate surface area is 109 Å². The Hall–Kier alpha value is -2.68. The molecule has 0 aliphatic rings. The summed E-state index contributed by atoms with van der Waals surface area (Å²) in [6.45, 7) is 0. The zero-order chi connectivity index (χ0) is 12.7. The Morgan fingerprint density at radius 1 is 0.895 bits per heavy atom. The molecular weight excluding hydrogens is 236 g/mol. The van der Waals surface area contributed by atoms with Crippen LogP contribution in [0.15, 0.2) is 65.4 Å². The van der Waals surface area contributed by atoms with Gasteiger partial charge < -0.3 is 4.42 Å². The van der Waals surface area contributed by atoms with E-state index >= 15 is 0 Å². The van der Waals surface area contributed by atoms with E-state index in [1.807, 2.05) is 36.4 Å². The van der Waals surface area contributed by atoms with Crippen molar-refractivity contribution in [3.05, 3.63) is 61.0 Å². The summed E-state index contributed by atoms with van der Waals surface area (Å²) in [5.41, 5.74) is 3.62. The maximum Gasteiger partial charge on any atom is 0.226 e. The Kier molecular flexibility index (Phi) is 2.12. The SMILES string of the molecule is c1ccc2nc(-c3ccnc4occc34)ccc2c1. The molecule has 3 heterocycles. The lowest BCUT2D eigenvalue weighted by atomic mass is 10.1. The van der Waals surface area contributed by atoms with Crippen LogP contribution in [0.1, 0.15) is 0 Å². The molecule has 4 rings (SSSR count). The van der Waals surface area contributed by atoms with Crippen molar-refractivity contribution in [2.75, 3.05) is 0 Å². The molecule has 0 atom stereocenters. The number of nitrogens with zero attached hydrogens (tertiary/aromatic N) is 2. The molecule has 0 fully saturated rings. The number of hydrogen-bond donors (Lipinski definition) is 0. The van der Waals surface area contributed by atoms with Gasteiger partial charge in [-0.3, -0.25) is 0 Å². The molecule has 0 saturated carbocycles. The van der Waals surface area contributed by atoms with Crippen molar-refractivity contribution in [2.45, 2.75) is 0 Å². The Balaban J connectivity index is 2.01. The highest BCUT2D eigenvalue weighted by Gasteiger charge is 2.08. The lowest BCUT2D eigenvalue weighted by Crippen LogP contribution is -1.86. The van der Waals surface area contributed by atoms with Gasteiger partial charge in [0.15, 0.2) is 0 Å². The summed E-state index contributed by atoms with van der Waals surface area (Å²) < 4.78 is 5.33. The average molecular weight is 246 g/mol. The van der Waals surface area contributed by atoms with E-state index in [9.17, 15) is 0 Å². The first-order chi connectivity index (χ1) is 9.42. The van der Waals surface area contributed by atoms with Gasteiger partial charge in [0.1, 0.15) is 0 Å². The highest BCUT2D eigenvalue weighted by Crippen LogP contribution is 2.27. The van der Waals surface area contributed by atoms with E-state index in [1.54, 1.807) is 12.5 Å². The van der Waals surface area contributed by atoms with Crippen molar-refractivity contribution in [3.8, 4) is 11.3 Å². The second-order valence-electron chi connectivity index (χ2n) is 4.39. The second kappa shape index (κ2) is 3.92. The van der Waals surface area contributed by atoms with Crippen LogP contribution in [-0.2, 0) is 0 Å². The normalized spacial score (nSPS) is 11.2. The first-order valence-corrected chi connectivity index (χ1v) is 6.10. The highest BCUT2D eigenvalue weighted by atomic mass is 16.3. The quantitative estimate of drug-likeness (QED) is 0.508. The van der Waals surface area contributed by atoms with E-state index in [1.165, 1.54) is 0 Å². The number of aromatic nitrogens is 2. The first-order valence-electron chi connectivity index (χ1n) is 6.10. The number of furan rings is 1. The van der Waals surface area contributed by atoms with E-state index < -0.39 is 0 Å². The number of para-hydroxylation sites is 1. The van der Waals surface area contributed by atoms with Crippen LogP contribution in [0.3, 0.4) is 0 Å². The van der Waals surface area contributed by atoms with Gasteiger partial charge in [0, 0.05) is 22.5 Å². The predicted octanol–water partition coefficient (Wildman–Crippen LogP) is 4.04. The number of pyridine rings is 2. The first kappa shape index (κ1) is 10.3. The van der Waals surface area contributed by atoms with E-state index in [0.717, 1.165) is 27.5 Å². The van der Waals surface area contributed by atoms with Crippen molar-refractivity contribution in [2.24, 2.45) is 0 Å². The molecular formula is C16H10N2O. The van der Waals surface area contributed by atoms with E-state index in [2.05, 4.69) is 17.1 Å². The molecule has 0 amide bonds. The van der Waals surface area contributed by atoms with Crippen molar-refractivity contribution < 1.29 is 4.42 Å². The number of hydrogen-bond acceptors (Lipinski definition) is 3.